The molecule has 1 aromatic heterocycles. The first kappa shape index (κ1) is 12.2. The van der Waals surface area contributed by atoms with Crippen LogP contribution in [0.4, 0.5) is 0 Å². The molecule has 1 fully saturated rings. The molecule has 0 amide bonds. The van der Waals surface area contributed by atoms with Crippen LogP contribution in [0, 0.1) is 0 Å². The van der Waals surface area contributed by atoms with E-state index in [0.717, 1.165) is 32.5 Å². The van der Waals surface area contributed by atoms with Crippen LogP contribution in [0.25, 0.3) is 0 Å². The number of rotatable bonds is 5. The number of ketones is 1. The van der Waals surface area contributed by atoms with Crippen molar-refractivity contribution in [1.29, 1.82) is 0 Å². The molecule has 2 rings (SSSR count). The second kappa shape index (κ2) is 5.89. The van der Waals surface area contributed by atoms with E-state index in [9.17, 15) is 9.90 Å². The highest BCUT2D eigenvalue weighted by Gasteiger charge is 2.19. The van der Waals surface area contributed by atoms with Gasteiger partial charge in [0.2, 0.25) is 0 Å². The van der Waals surface area contributed by atoms with Gasteiger partial charge in [-0.3, -0.25) is 9.78 Å². The maximum absolute atomic E-state index is 11.8. The molecule has 0 aliphatic carbocycles. The van der Waals surface area contributed by atoms with Gasteiger partial charge in [-0.1, -0.05) is 0 Å². The number of β-amino-alcohol motifs (C(OH)–C–C–N with tert-alkyl or cyclic N) is 1. The lowest BCUT2D eigenvalue weighted by molar-refractivity contribution is 0.0975. The molecule has 0 saturated carbocycles. The van der Waals surface area contributed by atoms with Crippen LogP contribution in [0.1, 0.15) is 29.6 Å². The quantitative estimate of drug-likeness (QED) is 0.775. The van der Waals surface area contributed by atoms with E-state index in [4.69, 9.17) is 0 Å². The Bertz CT molecular complexity index is 367. The highest BCUT2D eigenvalue weighted by atomic mass is 16.3. The molecule has 92 valence electrons. The van der Waals surface area contributed by atoms with Crippen molar-refractivity contribution in [3.05, 3.63) is 30.1 Å². The molecule has 1 N–H and O–H groups in total. The Morgan fingerprint density at radius 2 is 2.47 bits per heavy atom. The number of nitrogens with zero attached hydrogens (tertiary/aromatic N) is 2. The van der Waals surface area contributed by atoms with Crippen molar-refractivity contribution in [1.82, 2.24) is 9.88 Å². The molecule has 1 aliphatic rings. The fraction of sp³-hybridized carbons (Fsp3) is 0.538. The largest absolute Gasteiger partial charge is 0.392 e. The maximum Gasteiger partial charge on any atom is 0.164 e. The molecular formula is C13H18N2O2. The third-order valence-corrected chi connectivity index (χ3v) is 3.11. The Hall–Kier alpha value is -1.26. The molecule has 0 aromatic carbocycles. The first-order chi connectivity index (χ1) is 8.25. The number of pyridine rings is 1. The van der Waals surface area contributed by atoms with E-state index < -0.39 is 0 Å². The second-order valence-electron chi connectivity index (χ2n) is 4.51. The summed E-state index contributed by atoms with van der Waals surface area (Å²) in [6, 6.07) is 3.58. The molecule has 2 heterocycles. The molecular weight excluding hydrogens is 216 g/mol. The summed E-state index contributed by atoms with van der Waals surface area (Å²) in [5, 5.41) is 9.37. The lowest BCUT2D eigenvalue weighted by atomic mass is 10.1. The number of likely N-dealkylation sites (tertiary alicyclic amines) is 1. The SMILES string of the molecule is O=C(CCCN1CCC(O)C1)c1cccnc1. The molecule has 1 saturated heterocycles. The number of aliphatic hydroxyl groups is 1. The van der Waals surface area contributed by atoms with E-state index in [1.807, 2.05) is 0 Å². The smallest absolute Gasteiger partial charge is 0.164 e. The summed E-state index contributed by atoms with van der Waals surface area (Å²) in [6.45, 7) is 2.59. The first-order valence-corrected chi connectivity index (χ1v) is 6.09. The third-order valence-electron chi connectivity index (χ3n) is 3.11. The van der Waals surface area contributed by atoms with E-state index in [-0.39, 0.29) is 11.9 Å². The van der Waals surface area contributed by atoms with Crippen molar-refractivity contribution in [2.24, 2.45) is 0 Å². The minimum atomic E-state index is -0.177. The van der Waals surface area contributed by atoms with E-state index >= 15 is 0 Å². The van der Waals surface area contributed by atoms with Gasteiger partial charge in [0.15, 0.2) is 5.78 Å². The van der Waals surface area contributed by atoms with Crippen molar-refractivity contribution in [3.8, 4) is 0 Å². The summed E-state index contributed by atoms with van der Waals surface area (Å²) < 4.78 is 0. The highest BCUT2D eigenvalue weighted by Crippen LogP contribution is 2.10. The molecule has 4 nitrogen and oxygen atoms in total. The fourth-order valence-corrected chi connectivity index (χ4v) is 2.15. The molecule has 0 bridgehead atoms. The van der Waals surface area contributed by atoms with Gasteiger partial charge in [0, 0.05) is 37.5 Å². The van der Waals surface area contributed by atoms with E-state index in [1.165, 1.54) is 0 Å². The maximum atomic E-state index is 11.8. The van der Waals surface area contributed by atoms with Gasteiger partial charge in [-0.15, -0.1) is 0 Å². The van der Waals surface area contributed by atoms with E-state index in [2.05, 4.69) is 9.88 Å². The first-order valence-electron chi connectivity index (χ1n) is 6.09. The van der Waals surface area contributed by atoms with Gasteiger partial charge in [-0.25, -0.2) is 0 Å². The van der Waals surface area contributed by atoms with Gasteiger partial charge < -0.3 is 10.0 Å². The number of hydrogen-bond acceptors (Lipinski definition) is 4. The van der Waals surface area contributed by atoms with Crippen LogP contribution in [0.2, 0.25) is 0 Å². The number of aliphatic hydroxyl groups excluding tert-OH is 1. The molecule has 1 atom stereocenters. The van der Waals surface area contributed by atoms with Crippen LogP contribution in [0.5, 0.6) is 0 Å². The zero-order valence-electron chi connectivity index (χ0n) is 9.88. The number of carbonyl (C=O) groups is 1. The van der Waals surface area contributed by atoms with Gasteiger partial charge in [0.1, 0.15) is 0 Å². The predicted molar refractivity (Wildman–Crippen MR) is 64.9 cm³/mol. The Balaban J connectivity index is 1.70. The van der Waals surface area contributed by atoms with Crippen molar-refractivity contribution in [2.75, 3.05) is 19.6 Å². The summed E-state index contributed by atoms with van der Waals surface area (Å²) in [4.78, 5) is 17.9. The minimum absolute atomic E-state index is 0.151. The monoisotopic (exact) mass is 234 g/mol. The highest BCUT2D eigenvalue weighted by molar-refractivity contribution is 5.95. The molecule has 4 heteroatoms. The van der Waals surface area contributed by atoms with Crippen LogP contribution in [0.15, 0.2) is 24.5 Å². The minimum Gasteiger partial charge on any atom is -0.392 e. The average molecular weight is 234 g/mol. The topological polar surface area (TPSA) is 53.4 Å². The lowest BCUT2D eigenvalue weighted by Crippen LogP contribution is -2.23. The second-order valence-corrected chi connectivity index (χ2v) is 4.51. The fourth-order valence-electron chi connectivity index (χ4n) is 2.15. The van der Waals surface area contributed by atoms with Crippen LogP contribution < -0.4 is 0 Å². The van der Waals surface area contributed by atoms with Gasteiger partial charge in [-0.2, -0.15) is 0 Å². The predicted octanol–water partition coefficient (Wildman–Crippen LogP) is 1.11. The summed E-state index contributed by atoms with van der Waals surface area (Å²) in [7, 11) is 0. The summed E-state index contributed by atoms with van der Waals surface area (Å²) in [5.74, 6) is 0.151. The standard InChI is InChI=1S/C13H18N2O2/c16-12-5-8-15(10-12)7-2-4-13(17)11-3-1-6-14-9-11/h1,3,6,9,12,16H,2,4-5,7-8,10H2. The van der Waals surface area contributed by atoms with Crippen LogP contribution in [0.3, 0.4) is 0 Å². The van der Waals surface area contributed by atoms with E-state index in [1.54, 1.807) is 24.5 Å². The van der Waals surface area contributed by atoms with Gasteiger partial charge in [0.05, 0.1) is 6.10 Å². The average Bonchev–Trinajstić information content (AvgIpc) is 2.76. The zero-order valence-corrected chi connectivity index (χ0v) is 9.88. The number of aromatic nitrogens is 1. The van der Waals surface area contributed by atoms with Gasteiger partial charge in [-0.05, 0) is 31.5 Å². The molecule has 1 aromatic rings. The van der Waals surface area contributed by atoms with Crippen molar-refractivity contribution < 1.29 is 9.90 Å². The number of Topliss-reactive ketones (excluding diaryl/α,β-unsaturated/α-hetero) is 1. The Labute approximate surface area is 101 Å². The third kappa shape index (κ3) is 3.61. The number of carbonyl (C=O) groups excluding carboxylic acids is 1. The molecule has 0 radical (unpaired) electrons. The van der Waals surface area contributed by atoms with Crippen molar-refractivity contribution in [3.63, 3.8) is 0 Å². The van der Waals surface area contributed by atoms with Crippen molar-refractivity contribution >= 4 is 5.78 Å². The van der Waals surface area contributed by atoms with E-state index in [0.29, 0.717) is 12.0 Å². The Morgan fingerprint density at radius 1 is 1.59 bits per heavy atom. The summed E-state index contributed by atoms with van der Waals surface area (Å²) in [5.41, 5.74) is 0.689. The molecule has 0 spiro atoms. The Kier molecular flexibility index (Phi) is 4.23. The Morgan fingerprint density at radius 3 is 3.12 bits per heavy atom. The van der Waals surface area contributed by atoms with Crippen LogP contribution >= 0.6 is 0 Å². The van der Waals surface area contributed by atoms with Gasteiger partial charge >= 0.3 is 0 Å². The molecule has 1 aliphatic heterocycles. The van der Waals surface area contributed by atoms with Crippen molar-refractivity contribution in [2.45, 2.75) is 25.4 Å². The van der Waals surface area contributed by atoms with Crippen LogP contribution in [-0.4, -0.2) is 46.5 Å². The summed E-state index contributed by atoms with van der Waals surface area (Å²) in [6.07, 6.45) is 5.36. The van der Waals surface area contributed by atoms with Gasteiger partial charge in [0.25, 0.3) is 0 Å². The normalized spacial score (nSPS) is 20.6. The zero-order chi connectivity index (χ0) is 12.1. The lowest BCUT2D eigenvalue weighted by Gasteiger charge is -2.13. The van der Waals surface area contributed by atoms with Crippen LogP contribution in [-0.2, 0) is 0 Å². The number of hydrogen-bond donors (Lipinski definition) is 1. The summed E-state index contributed by atoms with van der Waals surface area (Å²) >= 11 is 0. The molecule has 1 unspecified atom stereocenters. The molecule has 17 heavy (non-hydrogen) atoms.